The van der Waals surface area contributed by atoms with E-state index in [0.717, 1.165) is 69.1 Å². The molecule has 0 spiro atoms. The molecule has 0 aliphatic carbocycles. The Kier molecular flexibility index (Phi) is 14.0. The Labute approximate surface area is 437 Å². The van der Waals surface area contributed by atoms with Crippen LogP contribution in [0.2, 0.25) is 0 Å². The zero-order valence-electron chi connectivity index (χ0n) is 40.7. The van der Waals surface area contributed by atoms with Crippen molar-refractivity contribution in [2.75, 3.05) is 0 Å². The van der Waals surface area contributed by atoms with E-state index in [9.17, 15) is 69.5 Å². The predicted molar refractivity (Wildman–Crippen MR) is 275 cm³/mol. The highest BCUT2D eigenvalue weighted by Gasteiger charge is 2.50. The first-order valence-electron chi connectivity index (χ1n) is 23.0. The Morgan fingerprint density at radius 1 is 0.346 bits per heavy atom. The summed E-state index contributed by atoms with van der Waals surface area (Å²) in [7, 11) is -12.1. The van der Waals surface area contributed by atoms with Crippen LogP contribution >= 0.6 is 0 Å². The van der Waals surface area contributed by atoms with Gasteiger partial charge in [-0.05, 0) is 175 Å². The van der Waals surface area contributed by atoms with Crippen LogP contribution in [0.25, 0.3) is 87.6 Å². The highest BCUT2D eigenvalue weighted by Crippen LogP contribution is 2.48. The predicted octanol–water partition coefficient (Wildman–Crippen LogP) is 17.2. The zero-order chi connectivity index (χ0) is 56.6. The molecule has 6 nitrogen and oxygen atoms in total. The fraction of sp³-hybridized carbons (Fsp3) is 0.103. The van der Waals surface area contributed by atoms with Crippen molar-refractivity contribution in [3.63, 3.8) is 0 Å². The van der Waals surface area contributed by atoms with Gasteiger partial charge in [0.15, 0.2) is 34.9 Å². The third-order valence-electron chi connectivity index (χ3n) is 13.2. The van der Waals surface area contributed by atoms with Gasteiger partial charge in [-0.3, -0.25) is 0 Å². The molecule has 0 radical (unpaired) electrons. The maximum absolute atomic E-state index is 14.3. The fourth-order valence-corrected chi connectivity index (χ4v) is 10.6. The summed E-state index contributed by atoms with van der Waals surface area (Å²) in [6.07, 6.45) is 0. The maximum atomic E-state index is 14.3. The van der Waals surface area contributed by atoms with Crippen LogP contribution in [-0.2, 0) is 20.2 Å². The molecule has 0 bridgehead atoms. The van der Waals surface area contributed by atoms with Gasteiger partial charge in [-0.2, -0.15) is 43.2 Å². The minimum atomic E-state index is -6.07. The summed E-state index contributed by atoms with van der Waals surface area (Å²) >= 11 is 0. The first kappa shape index (κ1) is 54.7. The van der Waals surface area contributed by atoms with Crippen molar-refractivity contribution in [1.82, 2.24) is 0 Å². The first-order valence-corrected chi connectivity index (χ1v) is 25.8. The van der Waals surface area contributed by atoms with Crippen LogP contribution in [0, 0.1) is 62.6 Å². The summed E-state index contributed by atoms with van der Waals surface area (Å²) in [5, 5.41) is 4.49. The molecular weight excluding hydrogens is 1080 g/mol. The van der Waals surface area contributed by atoms with Gasteiger partial charge in [0, 0.05) is 11.1 Å². The van der Waals surface area contributed by atoms with E-state index in [2.05, 4.69) is 8.37 Å². The highest BCUT2D eigenvalue weighted by molar-refractivity contribution is 7.88. The van der Waals surface area contributed by atoms with Gasteiger partial charge in [-0.1, -0.05) is 97.1 Å². The molecule has 0 aliphatic heterocycles. The standard InChI is InChI=1S/C34H20F6.C24H16F6O6S2/c1-17-25(21-13-27(35)33(39)28(36)14-21)11-19-7-3-5-9-23(19)31(17)32-18(2)26(12-20-8-4-6-10-24(20)32)22-15-29(37)34(40)30(38)16-22;1-13-19(35-37(31,32)23(25,26)27)11-15-7-3-5-9-17(15)21(13)22-14(2)20(36-38(33,34)24(28,29)30)12-16-8-4-6-10-18(16)22/h3-16H,1-2H3;3-12H,1-2H3. The van der Waals surface area contributed by atoms with Gasteiger partial charge in [0.1, 0.15) is 11.5 Å². The topological polar surface area (TPSA) is 86.7 Å². The molecule has 0 amide bonds. The van der Waals surface area contributed by atoms with Crippen LogP contribution < -0.4 is 8.37 Å². The Morgan fingerprint density at radius 3 is 0.859 bits per heavy atom. The van der Waals surface area contributed by atoms with Gasteiger partial charge in [-0.15, -0.1) is 0 Å². The van der Waals surface area contributed by atoms with Crippen LogP contribution in [0.4, 0.5) is 52.7 Å². The summed E-state index contributed by atoms with van der Waals surface area (Å²) in [6.45, 7) is 6.18. The molecular formula is C58H36F12O6S2. The maximum Gasteiger partial charge on any atom is 0.534 e. The second-order valence-electron chi connectivity index (χ2n) is 18.0. The molecule has 10 rings (SSSR count). The molecule has 0 heterocycles. The summed E-state index contributed by atoms with van der Waals surface area (Å²) in [6, 6.07) is 36.9. The van der Waals surface area contributed by atoms with Crippen LogP contribution in [-0.4, -0.2) is 27.9 Å². The van der Waals surface area contributed by atoms with E-state index in [-0.39, 0.29) is 44.2 Å². The van der Waals surface area contributed by atoms with Gasteiger partial charge >= 0.3 is 31.3 Å². The number of benzene rings is 10. The highest BCUT2D eigenvalue weighted by atomic mass is 32.2. The van der Waals surface area contributed by atoms with Crippen molar-refractivity contribution in [2.24, 2.45) is 0 Å². The van der Waals surface area contributed by atoms with Gasteiger partial charge in [0.05, 0.1) is 0 Å². The SMILES string of the molecule is Cc1c(-c2cc(F)c(F)c(F)c2)cc2ccccc2c1-c1c(C)c(-c2cc(F)c(F)c(F)c2)cc2ccccc12.Cc1c(OS(=O)(=O)C(F)(F)F)cc2ccccc2c1-c1c(C)c(OS(=O)(=O)C(F)(F)F)cc2ccccc12. The number of fused-ring (bicyclic) bond motifs is 4. The molecule has 0 aliphatic rings. The minimum Gasteiger partial charge on any atom is -0.376 e. The average Bonchev–Trinajstić information content (AvgIpc) is 3.56. The lowest BCUT2D eigenvalue weighted by molar-refractivity contribution is -0.0505. The van der Waals surface area contributed by atoms with Crippen molar-refractivity contribution in [3.8, 4) is 56.0 Å². The third-order valence-corrected chi connectivity index (χ3v) is 15.1. The first-order chi connectivity index (χ1) is 36.6. The average molecular weight is 1120 g/mol. The Bertz CT molecular complexity index is 4020. The molecule has 0 saturated heterocycles. The second kappa shape index (κ2) is 20.0. The van der Waals surface area contributed by atoms with Crippen molar-refractivity contribution in [1.29, 1.82) is 0 Å². The lowest BCUT2D eigenvalue weighted by Crippen LogP contribution is -2.28. The molecule has 400 valence electrons. The van der Waals surface area contributed by atoms with Gasteiger partial charge in [0.25, 0.3) is 0 Å². The third kappa shape index (κ3) is 9.82. The summed E-state index contributed by atoms with van der Waals surface area (Å²) < 4.78 is 219. The second-order valence-corrected chi connectivity index (χ2v) is 21.0. The smallest absolute Gasteiger partial charge is 0.376 e. The van der Waals surface area contributed by atoms with Gasteiger partial charge < -0.3 is 8.37 Å². The molecule has 10 aromatic carbocycles. The molecule has 20 heteroatoms. The molecule has 0 N–H and O–H groups in total. The van der Waals surface area contributed by atoms with Crippen LogP contribution in [0.3, 0.4) is 0 Å². The molecule has 0 saturated carbocycles. The molecule has 0 unspecified atom stereocenters. The number of rotatable bonds is 8. The Morgan fingerprint density at radius 2 is 0.590 bits per heavy atom. The van der Waals surface area contributed by atoms with E-state index in [0.29, 0.717) is 33.0 Å². The molecule has 10 aromatic rings. The Balaban J connectivity index is 0.000000190. The van der Waals surface area contributed by atoms with E-state index < -0.39 is 77.7 Å². The number of halogens is 12. The van der Waals surface area contributed by atoms with Crippen molar-refractivity contribution in [2.45, 2.75) is 38.7 Å². The van der Waals surface area contributed by atoms with Crippen LogP contribution in [0.1, 0.15) is 22.3 Å². The summed E-state index contributed by atoms with van der Waals surface area (Å²) in [4.78, 5) is 0. The van der Waals surface area contributed by atoms with Crippen molar-refractivity contribution >= 4 is 63.3 Å². The molecule has 78 heavy (non-hydrogen) atoms. The largest absolute Gasteiger partial charge is 0.534 e. The number of hydrogen-bond donors (Lipinski definition) is 0. The van der Waals surface area contributed by atoms with Crippen molar-refractivity contribution < 1.29 is 77.9 Å². The lowest BCUT2D eigenvalue weighted by atomic mass is 9.82. The van der Waals surface area contributed by atoms with E-state index in [1.165, 1.54) is 38.1 Å². The van der Waals surface area contributed by atoms with E-state index in [4.69, 9.17) is 0 Å². The van der Waals surface area contributed by atoms with E-state index in [1.54, 1.807) is 36.4 Å². The summed E-state index contributed by atoms with van der Waals surface area (Å²) in [5.74, 6) is -9.63. The fourth-order valence-electron chi connectivity index (χ4n) is 9.57. The quantitative estimate of drug-likeness (QED) is 0.0652. The van der Waals surface area contributed by atoms with Crippen molar-refractivity contribution in [3.05, 3.63) is 203 Å². The monoisotopic (exact) mass is 1120 g/mol. The van der Waals surface area contributed by atoms with Gasteiger partial charge in [0.2, 0.25) is 0 Å². The lowest BCUT2D eigenvalue weighted by Gasteiger charge is -2.22. The summed E-state index contributed by atoms with van der Waals surface area (Å²) in [5.41, 5.74) is -7.26. The van der Waals surface area contributed by atoms with E-state index >= 15 is 0 Å². The normalized spacial score (nSPS) is 12.3. The van der Waals surface area contributed by atoms with Crippen LogP contribution in [0.5, 0.6) is 11.5 Å². The number of alkyl halides is 6. The Hall–Kier alpha value is -8.10. The van der Waals surface area contributed by atoms with Gasteiger partial charge in [-0.25, -0.2) is 26.3 Å². The minimum absolute atomic E-state index is 0.0967. The molecule has 0 fully saturated rings. The van der Waals surface area contributed by atoms with E-state index in [1.807, 2.05) is 62.4 Å². The zero-order valence-corrected chi connectivity index (χ0v) is 42.3. The number of hydrogen-bond acceptors (Lipinski definition) is 6. The molecule has 0 atom stereocenters. The molecule has 0 aromatic heterocycles. The van der Waals surface area contributed by atoms with Crippen LogP contribution in [0.15, 0.2) is 146 Å².